The van der Waals surface area contributed by atoms with Gasteiger partial charge in [0.1, 0.15) is 6.54 Å². The Hall–Kier alpha value is -3.74. The number of rotatable bonds is 9. The fourth-order valence-corrected chi connectivity index (χ4v) is 2.95. The minimum Gasteiger partial charge on any atom is -0.481 e. The van der Waals surface area contributed by atoms with E-state index < -0.39 is 11.9 Å². The molecular formula is C16H15N6O6S+. The van der Waals surface area contributed by atoms with Crippen LogP contribution in [0.1, 0.15) is 0 Å². The highest BCUT2D eigenvalue weighted by molar-refractivity contribution is 7.99. The van der Waals surface area contributed by atoms with E-state index in [1.165, 1.54) is 30.3 Å². The third kappa shape index (κ3) is 4.95. The number of aromatic amines is 1. The Bertz CT molecular complexity index is 1080. The Morgan fingerprint density at radius 2 is 1.97 bits per heavy atom. The zero-order chi connectivity index (χ0) is 21.0. The second kappa shape index (κ2) is 8.52. The van der Waals surface area contributed by atoms with Gasteiger partial charge in [0.05, 0.1) is 16.9 Å². The van der Waals surface area contributed by atoms with Crippen LogP contribution in [-0.2, 0) is 21.0 Å². The SMILES string of the molecule is CO[N+](=O)c1cc(-c2cnn(CC(=O)O)c2)cc(-c2nc(SCC(=O)O)n[nH]2)c1. The molecule has 0 unspecified atom stereocenters. The highest BCUT2D eigenvalue weighted by Gasteiger charge is 2.20. The van der Waals surface area contributed by atoms with Gasteiger partial charge in [-0.2, -0.15) is 5.10 Å². The number of carboxylic acids is 2. The van der Waals surface area contributed by atoms with Crippen LogP contribution < -0.4 is 0 Å². The number of benzene rings is 1. The van der Waals surface area contributed by atoms with E-state index in [2.05, 4.69) is 20.3 Å². The molecule has 0 spiro atoms. The lowest BCUT2D eigenvalue weighted by molar-refractivity contribution is -0.736. The maximum absolute atomic E-state index is 12.0. The van der Waals surface area contributed by atoms with Crippen LogP contribution in [0.4, 0.5) is 5.69 Å². The zero-order valence-electron chi connectivity index (χ0n) is 15.0. The molecule has 150 valence electrons. The van der Waals surface area contributed by atoms with E-state index in [1.807, 2.05) is 0 Å². The van der Waals surface area contributed by atoms with Gasteiger partial charge in [-0.05, 0) is 11.6 Å². The number of H-pyrrole nitrogens is 1. The Morgan fingerprint density at radius 1 is 1.21 bits per heavy atom. The molecule has 0 aliphatic rings. The molecule has 13 heteroatoms. The molecule has 1 aromatic carbocycles. The topological polar surface area (TPSA) is 163 Å². The van der Waals surface area contributed by atoms with Gasteiger partial charge in [0.2, 0.25) is 5.16 Å². The average Bonchev–Trinajstić information content (AvgIpc) is 3.34. The molecule has 3 aromatic rings. The van der Waals surface area contributed by atoms with Crippen molar-refractivity contribution >= 4 is 29.4 Å². The molecule has 2 heterocycles. The van der Waals surface area contributed by atoms with E-state index in [0.29, 0.717) is 27.4 Å². The first-order valence-electron chi connectivity index (χ1n) is 8.04. The van der Waals surface area contributed by atoms with Crippen LogP contribution in [0.15, 0.2) is 35.7 Å². The van der Waals surface area contributed by atoms with Crippen LogP contribution in [0, 0.1) is 4.91 Å². The van der Waals surface area contributed by atoms with Gasteiger partial charge < -0.3 is 10.2 Å². The lowest BCUT2D eigenvalue weighted by atomic mass is 10.0. The predicted octanol–water partition coefficient (Wildman–Crippen LogP) is 1.57. The maximum Gasteiger partial charge on any atom is 0.325 e. The largest absolute Gasteiger partial charge is 0.481 e. The third-order valence-electron chi connectivity index (χ3n) is 3.62. The molecule has 0 radical (unpaired) electrons. The summed E-state index contributed by atoms with van der Waals surface area (Å²) in [5, 5.41) is 28.5. The first-order valence-corrected chi connectivity index (χ1v) is 9.02. The standard InChI is InChI=1S/C16H14N6O6S/c1-28-22(27)12-3-9(11-5-17-21(6-11)7-13(23)24)2-10(4-12)15-18-16(20-19-15)29-8-14(25)26/h2-6H,7-8H2,1H3,(H2-,18,19,20,23,24,25,26)/p+1. The minimum atomic E-state index is -1.03. The van der Waals surface area contributed by atoms with Gasteiger partial charge in [0, 0.05) is 29.5 Å². The molecule has 2 aromatic heterocycles. The fourth-order valence-electron chi connectivity index (χ4n) is 2.43. The summed E-state index contributed by atoms with van der Waals surface area (Å²) in [5.74, 6) is -1.90. The molecule has 0 aliphatic carbocycles. The van der Waals surface area contributed by atoms with Gasteiger partial charge in [-0.1, -0.05) is 11.8 Å². The summed E-state index contributed by atoms with van der Waals surface area (Å²) < 4.78 is 1.25. The molecule has 0 amide bonds. The number of hydrogen-bond donors (Lipinski definition) is 3. The Balaban J connectivity index is 1.98. The lowest BCUT2D eigenvalue weighted by Gasteiger charge is -2.02. The highest BCUT2D eigenvalue weighted by atomic mass is 32.2. The van der Waals surface area contributed by atoms with Crippen LogP contribution in [0.5, 0.6) is 0 Å². The van der Waals surface area contributed by atoms with Crippen molar-refractivity contribution in [1.29, 1.82) is 0 Å². The molecule has 0 aliphatic heterocycles. The van der Waals surface area contributed by atoms with E-state index >= 15 is 0 Å². The van der Waals surface area contributed by atoms with Crippen LogP contribution in [0.25, 0.3) is 22.5 Å². The molecule has 3 N–H and O–H groups in total. The summed E-state index contributed by atoms with van der Waals surface area (Å²) in [7, 11) is 1.22. The monoisotopic (exact) mass is 419 g/mol. The number of nitrogens with one attached hydrogen (secondary N) is 1. The summed E-state index contributed by atoms with van der Waals surface area (Å²) in [4.78, 5) is 42.8. The molecule has 0 bridgehead atoms. The fraction of sp³-hybridized carbons (Fsp3) is 0.188. The van der Waals surface area contributed by atoms with Gasteiger partial charge in [0.25, 0.3) is 4.92 Å². The molecular weight excluding hydrogens is 404 g/mol. The molecule has 0 saturated heterocycles. The predicted molar refractivity (Wildman–Crippen MR) is 99.3 cm³/mol. The zero-order valence-corrected chi connectivity index (χ0v) is 15.8. The molecule has 3 rings (SSSR count). The number of thioether (sulfide) groups is 1. The second-order valence-corrected chi connectivity index (χ2v) is 6.62. The average molecular weight is 419 g/mol. The van der Waals surface area contributed by atoms with Crippen molar-refractivity contribution in [2.75, 3.05) is 12.9 Å². The number of aliphatic carboxylic acids is 2. The van der Waals surface area contributed by atoms with Crippen LogP contribution in [0.3, 0.4) is 0 Å². The van der Waals surface area contributed by atoms with Crippen molar-refractivity contribution in [3.63, 3.8) is 0 Å². The Labute approximate surface area is 167 Å². The van der Waals surface area contributed by atoms with Crippen LogP contribution >= 0.6 is 11.8 Å². The summed E-state index contributed by atoms with van der Waals surface area (Å²) in [5.41, 5.74) is 1.82. The summed E-state index contributed by atoms with van der Waals surface area (Å²) in [6.45, 7) is -0.301. The normalized spacial score (nSPS) is 10.7. The van der Waals surface area contributed by atoms with Crippen molar-refractivity contribution in [3.05, 3.63) is 35.5 Å². The van der Waals surface area contributed by atoms with E-state index in [-0.39, 0.29) is 23.1 Å². The number of carboxylic acid groups (broad SMARTS) is 2. The quantitative estimate of drug-likeness (QED) is 0.342. The maximum atomic E-state index is 12.0. The first kappa shape index (κ1) is 20.0. The number of nitrogens with zero attached hydrogens (tertiary/aromatic N) is 5. The van der Waals surface area contributed by atoms with Gasteiger partial charge in [-0.25, -0.2) is 9.82 Å². The van der Waals surface area contributed by atoms with Crippen molar-refractivity contribution in [2.24, 2.45) is 0 Å². The van der Waals surface area contributed by atoms with Gasteiger partial charge in [-0.3, -0.25) is 19.4 Å². The molecule has 12 nitrogen and oxygen atoms in total. The summed E-state index contributed by atoms with van der Waals surface area (Å²) in [6.07, 6.45) is 3.01. The Kier molecular flexibility index (Phi) is 5.87. The third-order valence-corrected chi connectivity index (χ3v) is 4.45. The second-order valence-electron chi connectivity index (χ2n) is 5.68. The van der Waals surface area contributed by atoms with Crippen molar-refractivity contribution in [1.82, 2.24) is 25.0 Å². The number of hydrogen-bond acceptors (Lipinski definition) is 8. The Morgan fingerprint density at radius 3 is 2.66 bits per heavy atom. The van der Waals surface area contributed by atoms with Gasteiger partial charge in [0.15, 0.2) is 12.9 Å². The highest BCUT2D eigenvalue weighted by Crippen LogP contribution is 2.30. The number of aromatic nitrogens is 5. The van der Waals surface area contributed by atoms with Gasteiger partial charge >= 0.3 is 17.6 Å². The van der Waals surface area contributed by atoms with Crippen molar-refractivity contribution in [3.8, 4) is 22.5 Å². The smallest absolute Gasteiger partial charge is 0.325 e. The minimum absolute atomic E-state index is 0.169. The summed E-state index contributed by atoms with van der Waals surface area (Å²) in [6, 6.07) is 4.79. The van der Waals surface area contributed by atoms with Crippen molar-refractivity contribution < 1.29 is 29.6 Å². The van der Waals surface area contributed by atoms with Crippen LogP contribution in [0.2, 0.25) is 0 Å². The van der Waals surface area contributed by atoms with Crippen molar-refractivity contribution in [2.45, 2.75) is 11.7 Å². The van der Waals surface area contributed by atoms with E-state index in [0.717, 1.165) is 11.8 Å². The number of carbonyl (C=O) groups is 2. The van der Waals surface area contributed by atoms with E-state index in [1.54, 1.807) is 12.1 Å². The first-order chi connectivity index (χ1) is 13.9. The molecule has 0 saturated carbocycles. The van der Waals surface area contributed by atoms with E-state index in [9.17, 15) is 14.5 Å². The molecule has 0 fully saturated rings. The molecule has 29 heavy (non-hydrogen) atoms. The lowest BCUT2D eigenvalue weighted by Crippen LogP contribution is -2.08. The van der Waals surface area contributed by atoms with Gasteiger partial charge in [-0.15, -0.1) is 5.10 Å². The van der Waals surface area contributed by atoms with Crippen LogP contribution in [-0.4, -0.2) is 64.9 Å². The molecule has 0 atom stereocenters. The summed E-state index contributed by atoms with van der Waals surface area (Å²) >= 11 is 0.950. The van der Waals surface area contributed by atoms with E-state index in [4.69, 9.17) is 15.1 Å².